The average Bonchev–Trinajstić information content (AvgIpc) is 2.87. The molecule has 4 rings (SSSR count). The summed E-state index contributed by atoms with van der Waals surface area (Å²) < 4.78 is 0. The van der Waals surface area contributed by atoms with Crippen molar-refractivity contribution in [2.45, 2.75) is 50.3 Å². The smallest absolute Gasteiger partial charge is 0.255 e. The van der Waals surface area contributed by atoms with Crippen LogP contribution in [0.1, 0.15) is 60.1 Å². The van der Waals surface area contributed by atoms with Crippen LogP contribution in [-0.4, -0.2) is 46.9 Å². The van der Waals surface area contributed by atoms with Gasteiger partial charge in [-0.25, -0.2) is 0 Å². The minimum absolute atomic E-state index is 0.189. The van der Waals surface area contributed by atoms with Crippen molar-refractivity contribution in [3.8, 4) is 0 Å². The van der Waals surface area contributed by atoms with Gasteiger partial charge in [-0.1, -0.05) is 12.1 Å². The lowest BCUT2D eigenvalue weighted by molar-refractivity contribution is -0.137. The fourth-order valence-corrected chi connectivity index (χ4v) is 4.35. The van der Waals surface area contributed by atoms with Crippen molar-refractivity contribution in [1.82, 2.24) is 15.5 Å². The molecule has 0 radical (unpaired) electrons. The highest BCUT2D eigenvalue weighted by molar-refractivity contribution is 6.05. The largest absolute Gasteiger partial charge is 0.385 e. The van der Waals surface area contributed by atoms with Gasteiger partial charge in [-0.05, 0) is 56.5 Å². The molecule has 7 nitrogen and oxygen atoms in total. The van der Waals surface area contributed by atoms with E-state index in [1.807, 2.05) is 19.1 Å². The maximum absolute atomic E-state index is 12.9. The van der Waals surface area contributed by atoms with Crippen LogP contribution in [0.25, 0.3) is 0 Å². The second kappa shape index (κ2) is 6.17. The van der Waals surface area contributed by atoms with Crippen molar-refractivity contribution in [3.63, 3.8) is 0 Å². The highest BCUT2D eigenvalue weighted by Crippen LogP contribution is 2.40. The summed E-state index contributed by atoms with van der Waals surface area (Å²) in [4.78, 5) is 38.1. The molecular formula is C19H23N3O4. The van der Waals surface area contributed by atoms with Crippen LogP contribution in [0.4, 0.5) is 0 Å². The first-order chi connectivity index (χ1) is 12.4. The highest BCUT2D eigenvalue weighted by Gasteiger charge is 2.44. The van der Waals surface area contributed by atoms with E-state index >= 15 is 0 Å². The lowest BCUT2D eigenvalue weighted by Crippen LogP contribution is -2.53. The van der Waals surface area contributed by atoms with Gasteiger partial charge in [0.1, 0.15) is 6.04 Å². The summed E-state index contributed by atoms with van der Waals surface area (Å²) in [6.07, 6.45) is 1.84. The molecule has 3 aliphatic heterocycles. The van der Waals surface area contributed by atoms with Crippen LogP contribution in [-0.2, 0) is 15.2 Å². The van der Waals surface area contributed by atoms with Gasteiger partial charge in [0.05, 0.1) is 11.6 Å². The number of aliphatic hydroxyl groups is 1. The molecular weight excluding hydrogens is 334 g/mol. The molecule has 0 aliphatic carbocycles. The van der Waals surface area contributed by atoms with Gasteiger partial charge in [-0.15, -0.1) is 0 Å². The van der Waals surface area contributed by atoms with Crippen LogP contribution >= 0.6 is 0 Å². The number of nitrogens with zero attached hydrogens (tertiary/aromatic N) is 1. The third kappa shape index (κ3) is 2.62. The van der Waals surface area contributed by atoms with Crippen LogP contribution < -0.4 is 10.6 Å². The molecule has 26 heavy (non-hydrogen) atoms. The Bertz CT molecular complexity index is 785. The summed E-state index contributed by atoms with van der Waals surface area (Å²) in [5.41, 5.74) is 1.35. The monoisotopic (exact) mass is 357 g/mol. The number of fused-ring (bicyclic) bond motifs is 1. The van der Waals surface area contributed by atoms with Crippen molar-refractivity contribution in [3.05, 3.63) is 34.9 Å². The molecule has 3 heterocycles. The van der Waals surface area contributed by atoms with Crippen molar-refractivity contribution in [1.29, 1.82) is 0 Å². The number of imide groups is 1. The van der Waals surface area contributed by atoms with Crippen molar-refractivity contribution in [2.75, 3.05) is 13.1 Å². The van der Waals surface area contributed by atoms with E-state index in [4.69, 9.17) is 0 Å². The molecule has 0 spiro atoms. The predicted octanol–water partition coefficient (Wildman–Crippen LogP) is 0.580. The summed E-state index contributed by atoms with van der Waals surface area (Å²) in [5, 5.41) is 16.5. The van der Waals surface area contributed by atoms with Crippen LogP contribution in [0.3, 0.4) is 0 Å². The number of hydrogen-bond donors (Lipinski definition) is 3. The molecule has 3 aliphatic rings. The molecule has 0 saturated carbocycles. The lowest BCUT2D eigenvalue weighted by Gasteiger charge is -2.34. The molecule has 7 heteroatoms. The molecule has 0 unspecified atom stereocenters. The molecule has 2 atom stereocenters. The first kappa shape index (κ1) is 17.2. The topological polar surface area (TPSA) is 98.7 Å². The SMILES string of the molecule is C[C@@H]1c2cc(C3(O)CCNCC3)ccc2C(=O)N1[C@H]1CCC(=O)NC1=O. The van der Waals surface area contributed by atoms with E-state index < -0.39 is 17.6 Å². The minimum Gasteiger partial charge on any atom is -0.385 e. The second-order valence-electron chi connectivity index (χ2n) is 7.44. The lowest BCUT2D eigenvalue weighted by atomic mass is 9.83. The highest BCUT2D eigenvalue weighted by atomic mass is 16.3. The van der Waals surface area contributed by atoms with Crippen molar-refractivity contribution >= 4 is 17.7 Å². The second-order valence-corrected chi connectivity index (χ2v) is 7.44. The Kier molecular flexibility index (Phi) is 4.08. The van der Waals surface area contributed by atoms with Gasteiger partial charge in [-0.2, -0.15) is 0 Å². The fraction of sp³-hybridized carbons (Fsp3) is 0.526. The number of rotatable bonds is 2. The van der Waals surface area contributed by atoms with Crippen LogP contribution in [0, 0.1) is 0 Å². The Morgan fingerprint density at radius 1 is 1.19 bits per heavy atom. The first-order valence-electron chi connectivity index (χ1n) is 9.14. The number of carbonyl (C=O) groups excluding carboxylic acids is 3. The molecule has 0 bridgehead atoms. The molecule has 2 saturated heterocycles. The zero-order valence-corrected chi connectivity index (χ0v) is 14.7. The summed E-state index contributed by atoms with van der Waals surface area (Å²) in [5.74, 6) is -0.893. The van der Waals surface area contributed by atoms with Gasteiger partial charge in [0.25, 0.3) is 5.91 Å². The molecule has 138 valence electrons. The molecule has 2 fully saturated rings. The molecule has 3 N–H and O–H groups in total. The fourth-order valence-electron chi connectivity index (χ4n) is 4.35. The Hall–Kier alpha value is -2.25. The predicted molar refractivity (Wildman–Crippen MR) is 93.2 cm³/mol. The molecule has 1 aromatic rings. The third-order valence-corrected chi connectivity index (χ3v) is 5.90. The molecule has 1 aromatic carbocycles. The van der Waals surface area contributed by atoms with Crippen LogP contribution in [0.2, 0.25) is 0 Å². The zero-order chi connectivity index (χ0) is 18.5. The van der Waals surface area contributed by atoms with E-state index in [0.29, 0.717) is 24.8 Å². The maximum Gasteiger partial charge on any atom is 0.255 e. The zero-order valence-electron chi connectivity index (χ0n) is 14.7. The van der Waals surface area contributed by atoms with Gasteiger partial charge in [0.2, 0.25) is 11.8 Å². The molecule has 0 aromatic heterocycles. The Balaban J connectivity index is 1.65. The summed E-state index contributed by atoms with van der Waals surface area (Å²) in [6, 6.07) is 4.59. The Labute approximate surface area is 151 Å². The van der Waals surface area contributed by atoms with Gasteiger partial charge in [-0.3, -0.25) is 19.7 Å². The van der Waals surface area contributed by atoms with E-state index in [-0.39, 0.29) is 24.3 Å². The average molecular weight is 357 g/mol. The number of amides is 3. The van der Waals surface area contributed by atoms with E-state index in [1.165, 1.54) is 0 Å². The Morgan fingerprint density at radius 2 is 1.92 bits per heavy atom. The quantitative estimate of drug-likeness (QED) is 0.673. The number of hydrogen-bond acceptors (Lipinski definition) is 5. The van der Waals surface area contributed by atoms with Crippen molar-refractivity contribution in [2.24, 2.45) is 0 Å². The van der Waals surface area contributed by atoms with E-state index in [1.54, 1.807) is 11.0 Å². The first-order valence-corrected chi connectivity index (χ1v) is 9.14. The van der Waals surface area contributed by atoms with Crippen molar-refractivity contribution < 1.29 is 19.5 Å². The number of piperidine rings is 2. The van der Waals surface area contributed by atoms with Crippen LogP contribution in [0.15, 0.2) is 18.2 Å². The number of benzene rings is 1. The van der Waals surface area contributed by atoms with Crippen LogP contribution in [0.5, 0.6) is 0 Å². The van der Waals surface area contributed by atoms with E-state index in [2.05, 4.69) is 10.6 Å². The standard InChI is InChI=1S/C19H23N3O4/c1-11-14-10-12(19(26)6-8-20-9-7-19)2-3-13(14)18(25)22(11)15-4-5-16(23)21-17(15)24/h2-3,10-11,15,20,26H,4-9H2,1H3,(H,21,23,24)/t11-,15+/m1/s1. The van der Waals surface area contributed by atoms with Gasteiger partial charge < -0.3 is 15.3 Å². The third-order valence-electron chi connectivity index (χ3n) is 5.90. The summed E-state index contributed by atoms with van der Waals surface area (Å²) in [6.45, 7) is 3.40. The summed E-state index contributed by atoms with van der Waals surface area (Å²) >= 11 is 0. The van der Waals surface area contributed by atoms with Gasteiger partial charge in [0.15, 0.2) is 0 Å². The van der Waals surface area contributed by atoms with Gasteiger partial charge in [0, 0.05) is 12.0 Å². The number of carbonyl (C=O) groups is 3. The summed E-state index contributed by atoms with van der Waals surface area (Å²) in [7, 11) is 0. The maximum atomic E-state index is 12.9. The van der Waals surface area contributed by atoms with E-state index in [0.717, 1.165) is 24.2 Å². The van der Waals surface area contributed by atoms with E-state index in [9.17, 15) is 19.5 Å². The number of nitrogens with one attached hydrogen (secondary N) is 2. The van der Waals surface area contributed by atoms with Gasteiger partial charge >= 0.3 is 0 Å². The Morgan fingerprint density at radius 3 is 2.62 bits per heavy atom. The minimum atomic E-state index is -0.884. The molecule has 3 amide bonds. The normalized spacial score (nSPS) is 28.1.